The number of esters is 1. The summed E-state index contributed by atoms with van der Waals surface area (Å²) < 4.78 is 5.27. The van der Waals surface area contributed by atoms with Crippen LogP contribution in [0.4, 0.5) is 11.4 Å². The standard InChI is InChI=1S/C23H23ClN4O5S/c1-4-27-13(3)19(22(30)33-5-2)20(26-23(27)34)14-6-8-15(9-7-14)25-21(29)17-11-10-16(28(31)32)12-18(17)24/h6-12,20H,4-5H2,1-3H3,(H,25,29)(H,26,34). The lowest BCUT2D eigenvalue weighted by Gasteiger charge is -2.37. The molecule has 0 aromatic heterocycles. The predicted octanol–water partition coefficient (Wildman–Crippen LogP) is 4.59. The van der Waals surface area contributed by atoms with E-state index < -0.39 is 22.8 Å². The Hall–Kier alpha value is -3.50. The lowest BCUT2D eigenvalue weighted by atomic mass is 9.95. The van der Waals surface area contributed by atoms with E-state index in [1.807, 2.05) is 18.7 Å². The van der Waals surface area contributed by atoms with E-state index in [0.717, 1.165) is 17.3 Å². The maximum atomic E-state index is 12.7. The van der Waals surface area contributed by atoms with E-state index >= 15 is 0 Å². The average molecular weight is 503 g/mol. The molecule has 0 saturated heterocycles. The monoisotopic (exact) mass is 502 g/mol. The SMILES string of the molecule is CCOC(=O)C1=C(C)N(CC)C(=S)NC1c1ccc(NC(=O)c2ccc([N+](=O)[O-])cc2Cl)cc1. The number of hydrogen-bond donors (Lipinski definition) is 2. The molecule has 0 radical (unpaired) electrons. The van der Waals surface area contributed by atoms with Crippen molar-refractivity contribution in [3.8, 4) is 0 Å². The molecule has 0 spiro atoms. The van der Waals surface area contributed by atoms with E-state index in [9.17, 15) is 19.7 Å². The summed E-state index contributed by atoms with van der Waals surface area (Å²) in [5.74, 6) is -0.935. The van der Waals surface area contributed by atoms with E-state index in [2.05, 4.69) is 10.6 Å². The predicted molar refractivity (Wildman–Crippen MR) is 133 cm³/mol. The minimum atomic E-state index is -0.586. The zero-order chi connectivity index (χ0) is 25.0. The number of halogens is 1. The fourth-order valence-corrected chi connectivity index (χ4v) is 4.29. The zero-order valence-electron chi connectivity index (χ0n) is 18.8. The summed E-state index contributed by atoms with van der Waals surface area (Å²) in [6.07, 6.45) is 0. The van der Waals surface area contributed by atoms with Crippen LogP contribution in [0.5, 0.6) is 0 Å². The molecule has 178 valence electrons. The summed E-state index contributed by atoms with van der Waals surface area (Å²) >= 11 is 11.5. The maximum absolute atomic E-state index is 12.7. The average Bonchev–Trinajstić information content (AvgIpc) is 2.79. The van der Waals surface area contributed by atoms with Crippen molar-refractivity contribution in [2.75, 3.05) is 18.5 Å². The van der Waals surface area contributed by atoms with Gasteiger partial charge in [0.1, 0.15) is 0 Å². The summed E-state index contributed by atoms with van der Waals surface area (Å²) in [4.78, 5) is 37.4. The first-order valence-electron chi connectivity index (χ1n) is 10.5. The minimum Gasteiger partial charge on any atom is -0.463 e. The van der Waals surface area contributed by atoms with Crippen molar-refractivity contribution in [2.24, 2.45) is 0 Å². The van der Waals surface area contributed by atoms with E-state index in [0.29, 0.717) is 22.9 Å². The van der Waals surface area contributed by atoms with Gasteiger partial charge in [-0.15, -0.1) is 0 Å². The summed E-state index contributed by atoms with van der Waals surface area (Å²) in [6, 6.07) is 10.0. The van der Waals surface area contributed by atoms with Crippen LogP contribution in [0.15, 0.2) is 53.7 Å². The summed E-state index contributed by atoms with van der Waals surface area (Å²) in [7, 11) is 0. The number of rotatable bonds is 7. The van der Waals surface area contributed by atoms with Crippen LogP contribution in [0.25, 0.3) is 0 Å². The smallest absolute Gasteiger partial charge is 0.338 e. The van der Waals surface area contributed by atoms with Crippen molar-refractivity contribution in [3.05, 3.63) is 80.0 Å². The van der Waals surface area contributed by atoms with Crippen LogP contribution in [-0.2, 0) is 9.53 Å². The third-order valence-electron chi connectivity index (χ3n) is 5.32. The highest BCUT2D eigenvalue weighted by atomic mass is 35.5. The summed E-state index contributed by atoms with van der Waals surface area (Å²) in [6.45, 7) is 6.36. The third-order valence-corrected chi connectivity index (χ3v) is 5.97. The molecule has 1 heterocycles. The Morgan fingerprint density at radius 3 is 2.47 bits per heavy atom. The van der Waals surface area contributed by atoms with Crippen LogP contribution in [0.1, 0.15) is 42.7 Å². The molecule has 11 heteroatoms. The molecule has 2 aromatic carbocycles. The number of carbonyl (C=O) groups is 2. The first-order chi connectivity index (χ1) is 16.2. The largest absolute Gasteiger partial charge is 0.463 e. The number of nitrogens with one attached hydrogen (secondary N) is 2. The first kappa shape index (κ1) is 25.1. The quantitative estimate of drug-likeness (QED) is 0.244. The molecule has 0 aliphatic carbocycles. The molecule has 1 aliphatic heterocycles. The van der Waals surface area contributed by atoms with E-state index in [1.165, 1.54) is 12.1 Å². The van der Waals surface area contributed by atoms with Crippen molar-refractivity contribution in [3.63, 3.8) is 0 Å². The molecule has 2 aromatic rings. The number of amides is 1. The van der Waals surface area contributed by atoms with Crippen molar-refractivity contribution in [1.29, 1.82) is 0 Å². The Kier molecular flexibility index (Phi) is 7.85. The van der Waals surface area contributed by atoms with Crippen LogP contribution in [0.3, 0.4) is 0 Å². The second-order valence-corrected chi connectivity index (χ2v) is 8.14. The zero-order valence-corrected chi connectivity index (χ0v) is 20.3. The number of nitro benzene ring substituents is 1. The molecule has 1 aliphatic rings. The molecular formula is C23H23ClN4O5S. The number of carbonyl (C=O) groups excluding carboxylic acids is 2. The van der Waals surface area contributed by atoms with Gasteiger partial charge in [0.25, 0.3) is 11.6 Å². The minimum absolute atomic E-state index is 0.0246. The fraction of sp³-hybridized carbons (Fsp3) is 0.261. The topological polar surface area (TPSA) is 114 Å². The fourth-order valence-electron chi connectivity index (χ4n) is 3.64. The third kappa shape index (κ3) is 5.18. The Morgan fingerprint density at radius 1 is 1.24 bits per heavy atom. The number of hydrogen-bond acceptors (Lipinski definition) is 6. The molecule has 3 rings (SSSR count). The highest BCUT2D eigenvalue weighted by molar-refractivity contribution is 7.80. The molecule has 0 fully saturated rings. The number of non-ortho nitro benzene ring substituents is 1. The number of ether oxygens (including phenoxy) is 1. The highest BCUT2D eigenvalue weighted by Gasteiger charge is 2.34. The number of nitro groups is 1. The van der Waals surface area contributed by atoms with Gasteiger partial charge in [0.15, 0.2) is 5.11 Å². The maximum Gasteiger partial charge on any atom is 0.338 e. The molecule has 0 saturated carbocycles. The number of benzene rings is 2. The number of nitrogens with zero attached hydrogens (tertiary/aromatic N) is 2. The number of thiocarbonyl (C=S) groups is 1. The second-order valence-electron chi connectivity index (χ2n) is 7.34. The molecule has 9 nitrogen and oxygen atoms in total. The van der Waals surface area contributed by atoms with Gasteiger partial charge in [-0.25, -0.2) is 4.79 Å². The Bertz CT molecular complexity index is 1180. The molecule has 0 bridgehead atoms. The Labute approximate surface area is 206 Å². The second kappa shape index (κ2) is 10.6. The van der Waals surface area contributed by atoms with Crippen molar-refractivity contribution in [1.82, 2.24) is 10.2 Å². The molecule has 1 unspecified atom stereocenters. The Balaban J connectivity index is 1.84. The molecular weight excluding hydrogens is 480 g/mol. The van der Waals surface area contributed by atoms with Gasteiger partial charge in [-0.05, 0) is 56.8 Å². The van der Waals surface area contributed by atoms with Gasteiger partial charge in [0, 0.05) is 30.1 Å². The van der Waals surface area contributed by atoms with Crippen molar-refractivity contribution in [2.45, 2.75) is 26.8 Å². The lowest BCUT2D eigenvalue weighted by molar-refractivity contribution is -0.384. The van der Waals surface area contributed by atoms with Gasteiger partial charge in [0.2, 0.25) is 0 Å². The van der Waals surface area contributed by atoms with Gasteiger partial charge >= 0.3 is 5.97 Å². The van der Waals surface area contributed by atoms with E-state index in [-0.39, 0.29) is 22.9 Å². The van der Waals surface area contributed by atoms with Gasteiger partial charge < -0.3 is 20.3 Å². The summed E-state index contributed by atoms with van der Waals surface area (Å²) in [5, 5.41) is 17.3. The van der Waals surface area contributed by atoms with Crippen molar-refractivity contribution < 1.29 is 19.2 Å². The molecule has 34 heavy (non-hydrogen) atoms. The van der Waals surface area contributed by atoms with Gasteiger partial charge in [-0.2, -0.15) is 0 Å². The van der Waals surface area contributed by atoms with Gasteiger partial charge in [-0.1, -0.05) is 23.7 Å². The van der Waals surface area contributed by atoms with Gasteiger partial charge in [-0.3, -0.25) is 14.9 Å². The van der Waals surface area contributed by atoms with Crippen LogP contribution in [-0.4, -0.2) is 40.0 Å². The molecule has 1 amide bonds. The van der Waals surface area contributed by atoms with E-state index in [4.69, 9.17) is 28.6 Å². The molecule has 2 N–H and O–H groups in total. The van der Waals surface area contributed by atoms with E-state index in [1.54, 1.807) is 31.2 Å². The first-order valence-corrected chi connectivity index (χ1v) is 11.3. The normalized spacial score (nSPS) is 15.6. The molecule has 1 atom stereocenters. The Morgan fingerprint density at radius 2 is 1.91 bits per heavy atom. The van der Waals surface area contributed by atoms with Crippen LogP contribution >= 0.6 is 23.8 Å². The summed E-state index contributed by atoms with van der Waals surface area (Å²) in [5.41, 5.74) is 2.33. The van der Waals surface area contributed by atoms with Crippen LogP contribution in [0, 0.1) is 10.1 Å². The van der Waals surface area contributed by atoms with Crippen LogP contribution < -0.4 is 10.6 Å². The van der Waals surface area contributed by atoms with Crippen LogP contribution in [0.2, 0.25) is 5.02 Å². The van der Waals surface area contributed by atoms with Gasteiger partial charge in [0.05, 0.1) is 33.7 Å². The lowest BCUT2D eigenvalue weighted by Crippen LogP contribution is -2.47. The number of anilines is 1. The number of allylic oxidation sites excluding steroid dienone is 1. The highest BCUT2D eigenvalue weighted by Crippen LogP contribution is 2.32. The van der Waals surface area contributed by atoms with Crippen molar-refractivity contribution >= 4 is 52.2 Å².